The van der Waals surface area contributed by atoms with Crippen molar-refractivity contribution in [2.24, 2.45) is 0 Å². The maximum Gasteiger partial charge on any atom is 0.154 e. The lowest BCUT2D eigenvalue weighted by atomic mass is 10.2. The molecule has 0 aliphatic carbocycles. The molecule has 1 aromatic rings. The quantitative estimate of drug-likeness (QED) is 0.850. The lowest BCUT2D eigenvalue weighted by molar-refractivity contribution is 0.559. The number of aromatic nitrogens is 2. The Hall–Kier alpha value is -1.37. The van der Waals surface area contributed by atoms with Crippen LogP contribution in [0.2, 0.25) is 0 Å². The highest BCUT2D eigenvalue weighted by molar-refractivity contribution is 7.92. The molecule has 19 heavy (non-hydrogen) atoms. The van der Waals surface area contributed by atoms with Gasteiger partial charge in [0.25, 0.3) is 0 Å². The van der Waals surface area contributed by atoms with Crippen LogP contribution in [0.3, 0.4) is 0 Å². The van der Waals surface area contributed by atoms with E-state index < -0.39 is 14.6 Å². The summed E-state index contributed by atoms with van der Waals surface area (Å²) in [6.45, 7) is 7.37. The molecular weight excluding hydrogens is 264 g/mol. The molecule has 7 heteroatoms. The molecule has 2 N–H and O–H groups in total. The first kappa shape index (κ1) is 15.7. The average Bonchev–Trinajstić information content (AvgIpc) is 2.28. The first-order chi connectivity index (χ1) is 8.58. The standard InChI is InChI=1S/C12H22N4O2S/c1-8-10(13-5)15-9(2)16-11(8)14-7-12(3,4)19(6,17)18/h7H2,1-6H3,(H2,13,14,15,16). The summed E-state index contributed by atoms with van der Waals surface area (Å²) < 4.78 is 22.5. The number of rotatable bonds is 5. The minimum atomic E-state index is -3.13. The van der Waals surface area contributed by atoms with E-state index in [2.05, 4.69) is 20.6 Å². The number of nitrogens with one attached hydrogen (secondary N) is 2. The van der Waals surface area contributed by atoms with Crippen LogP contribution in [0.25, 0.3) is 0 Å². The molecule has 0 atom stereocenters. The van der Waals surface area contributed by atoms with Gasteiger partial charge >= 0.3 is 0 Å². The predicted molar refractivity (Wildman–Crippen MR) is 78.5 cm³/mol. The molecule has 0 saturated carbocycles. The van der Waals surface area contributed by atoms with Crippen LogP contribution in [0.4, 0.5) is 11.6 Å². The summed E-state index contributed by atoms with van der Waals surface area (Å²) in [7, 11) is -1.34. The maximum atomic E-state index is 11.7. The number of anilines is 2. The van der Waals surface area contributed by atoms with Crippen LogP contribution in [0.5, 0.6) is 0 Å². The minimum Gasteiger partial charge on any atom is -0.373 e. The molecule has 1 heterocycles. The topological polar surface area (TPSA) is 84.0 Å². The fourth-order valence-electron chi connectivity index (χ4n) is 1.47. The normalized spacial score (nSPS) is 12.3. The van der Waals surface area contributed by atoms with Gasteiger partial charge in [0, 0.05) is 25.4 Å². The van der Waals surface area contributed by atoms with Gasteiger partial charge in [0.1, 0.15) is 17.5 Å². The molecule has 0 aliphatic heterocycles. The molecule has 0 aromatic carbocycles. The highest BCUT2D eigenvalue weighted by Crippen LogP contribution is 2.21. The fourth-order valence-corrected chi connectivity index (χ4v) is 1.81. The molecular formula is C12H22N4O2S. The van der Waals surface area contributed by atoms with Crippen LogP contribution in [0.15, 0.2) is 0 Å². The van der Waals surface area contributed by atoms with E-state index in [9.17, 15) is 8.42 Å². The van der Waals surface area contributed by atoms with Crippen molar-refractivity contribution in [3.8, 4) is 0 Å². The molecule has 0 radical (unpaired) electrons. The summed E-state index contributed by atoms with van der Waals surface area (Å²) in [6.07, 6.45) is 1.24. The molecule has 108 valence electrons. The van der Waals surface area contributed by atoms with E-state index in [0.29, 0.717) is 18.2 Å². The molecule has 0 fully saturated rings. The second kappa shape index (κ2) is 5.32. The van der Waals surface area contributed by atoms with Crippen molar-refractivity contribution in [1.29, 1.82) is 0 Å². The van der Waals surface area contributed by atoms with Crippen molar-refractivity contribution in [3.63, 3.8) is 0 Å². The zero-order valence-corrected chi connectivity index (χ0v) is 13.1. The molecule has 0 bridgehead atoms. The van der Waals surface area contributed by atoms with E-state index in [4.69, 9.17) is 0 Å². The van der Waals surface area contributed by atoms with Crippen LogP contribution >= 0.6 is 0 Å². The Morgan fingerprint density at radius 1 is 1.16 bits per heavy atom. The zero-order chi connectivity index (χ0) is 14.8. The molecule has 6 nitrogen and oxygen atoms in total. The first-order valence-corrected chi connectivity index (χ1v) is 7.94. The number of sulfone groups is 1. The van der Waals surface area contributed by atoms with Gasteiger partial charge in [-0.25, -0.2) is 18.4 Å². The Labute approximate surface area is 115 Å². The third kappa shape index (κ3) is 3.56. The van der Waals surface area contributed by atoms with E-state index in [1.807, 2.05) is 6.92 Å². The van der Waals surface area contributed by atoms with Gasteiger partial charge in [0.05, 0.1) is 4.75 Å². The fraction of sp³-hybridized carbons (Fsp3) is 0.667. The van der Waals surface area contributed by atoms with Crippen LogP contribution in [-0.2, 0) is 9.84 Å². The lowest BCUT2D eigenvalue weighted by Gasteiger charge is -2.24. The Bertz CT molecular complexity index is 567. The second-order valence-electron chi connectivity index (χ2n) is 5.23. The number of aryl methyl sites for hydroxylation is 1. The van der Waals surface area contributed by atoms with Crippen molar-refractivity contribution in [3.05, 3.63) is 11.4 Å². The van der Waals surface area contributed by atoms with Crippen molar-refractivity contribution >= 4 is 21.5 Å². The van der Waals surface area contributed by atoms with Gasteiger partial charge in [-0.1, -0.05) is 0 Å². The Balaban J connectivity index is 2.99. The smallest absolute Gasteiger partial charge is 0.154 e. The highest BCUT2D eigenvalue weighted by atomic mass is 32.2. The summed E-state index contributed by atoms with van der Waals surface area (Å²) in [4.78, 5) is 8.57. The van der Waals surface area contributed by atoms with Crippen molar-refractivity contribution in [1.82, 2.24) is 9.97 Å². The van der Waals surface area contributed by atoms with Crippen molar-refractivity contribution in [2.45, 2.75) is 32.4 Å². The largest absolute Gasteiger partial charge is 0.373 e. The monoisotopic (exact) mass is 286 g/mol. The van der Waals surface area contributed by atoms with E-state index in [0.717, 1.165) is 11.4 Å². The average molecular weight is 286 g/mol. The van der Waals surface area contributed by atoms with Gasteiger partial charge in [-0.2, -0.15) is 0 Å². The molecule has 0 unspecified atom stereocenters. The van der Waals surface area contributed by atoms with E-state index in [1.54, 1.807) is 27.8 Å². The molecule has 0 amide bonds. The van der Waals surface area contributed by atoms with Gasteiger partial charge in [-0.15, -0.1) is 0 Å². The predicted octanol–water partition coefficient (Wildman–Crippen LogP) is 1.37. The Kier molecular flexibility index (Phi) is 4.39. The molecule has 1 rings (SSSR count). The third-order valence-corrected chi connectivity index (χ3v) is 5.33. The van der Waals surface area contributed by atoms with Gasteiger partial charge in [-0.3, -0.25) is 0 Å². The van der Waals surface area contributed by atoms with Gasteiger partial charge in [0.2, 0.25) is 0 Å². The van der Waals surface area contributed by atoms with Crippen LogP contribution in [-0.4, -0.2) is 43.0 Å². The number of hydrogen-bond donors (Lipinski definition) is 2. The van der Waals surface area contributed by atoms with Gasteiger partial charge in [0.15, 0.2) is 9.84 Å². The Morgan fingerprint density at radius 2 is 1.68 bits per heavy atom. The summed E-state index contributed by atoms with van der Waals surface area (Å²) in [5.41, 5.74) is 0.873. The number of nitrogens with zero attached hydrogens (tertiary/aromatic N) is 2. The summed E-state index contributed by atoms with van der Waals surface area (Å²) in [6, 6.07) is 0. The highest BCUT2D eigenvalue weighted by Gasteiger charge is 2.30. The summed E-state index contributed by atoms with van der Waals surface area (Å²) >= 11 is 0. The van der Waals surface area contributed by atoms with E-state index in [1.165, 1.54) is 6.26 Å². The van der Waals surface area contributed by atoms with Crippen LogP contribution < -0.4 is 10.6 Å². The van der Waals surface area contributed by atoms with E-state index >= 15 is 0 Å². The van der Waals surface area contributed by atoms with Crippen LogP contribution in [0, 0.1) is 13.8 Å². The first-order valence-electron chi connectivity index (χ1n) is 6.05. The third-order valence-electron chi connectivity index (χ3n) is 3.18. The van der Waals surface area contributed by atoms with Crippen molar-refractivity contribution < 1.29 is 8.42 Å². The molecule has 0 aliphatic rings. The summed E-state index contributed by atoms with van der Waals surface area (Å²) in [5.74, 6) is 2.04. The van der Waals surface area contributed by atoms with Crippen LogP contribution in [0.1, 0.15) is 25.2 Å². The van der Waals surface area contributed by atoms with E-state index in [-0.39, 0.29) is 0 Å². The van der Waals surface area contributed by atoms with Crippen molar-refractivity contribution in [2.75, 3.05) is 30.5 Å². The van der Waals surface area contributed by atoms with Gasteiger partial charge < -0.3 is 10.6 Å². The molecule has 0 spiro atoms. The number of hydrogen-bond acceptors (Lipinski definition) is 6. The summed E-state index contributed by atoms with van der Waals surface area (Å²) in [5, 5.41) is 6.10. The molecule has 1 aromatic heterocycles. The zero-order valence-electron chi connectivity index (χ0n) is 12.3. The second-order valence-corrected chi connectivity index (χ2v) is 7.88. The minimum absolute atomic E-state index is 0.298. The maximum absolute atomic E-state index is 11.7. The lowest BCUT2D eigenvalue weighted by Crippen LogP contribution is -2.38. The molecule has 0 saturated heterocycles. The van der Waals surface area contributed by atoms with Gasteiger partial charge in [-0.05, 0) is 27.7 Å². The SMILES string of the molecule is CNc1nc(C)nc(NCC(C)(C)S(C)(=O)=O)c1C. The Morgan fingerprint density at radius 3 is 2.16 bits per heavy atom.